The molecule has 1 N–H and O–H groups in total. The van der Waals surface area contributed by atoms with Gasteiger partial charge in [-0.15, -0.1) is 0 Å². The van der Waals surface area contributed by atoms with Crippen molar-refractivity contribution in [2.45, 2.75) is 0 Å². The summed E-state index contributed by atoms with van der Waals surface area (Å²) in [5, 5.41) is 10.1. The molecule has 0 unspecified atom stereocenters. The zero-order valence-electron chi connectivity index (χ0n) is 12.4. The molecule has 3 rings (SSSR count). The van der Waals surface area contributed by atoms with E-state index in [2.05, 4.69) is 4.99 Å². The normalized spacial score (nSPS) is 13.8. The molecule has 0 radical (unpaired) electrons. The molecule has 4 nitrogen and oxygen atoms in total. The van der Waals surface area contributed by atoms with Crippen LogP contribution >= 0.6 is 0 Å². The maximum atomic E-state index is 12.2. The molecule has 0 spiro atoms. The van der Waals surface area contributed by atoms with Crippen molar-refractivity contribution in [2.75, 3.05) is 19.0 Å². The van der Waals surface area contributed by atoms with E-state index in [4.69, 9.17) is 0 Å². The van der Waals surface area contributed by atoms with Crippen molar-refractivity contribution in [3.05, 3.63) is 70.9 Å². The summed E-state index contributed by atoms with van der Waals surface area (Å²) in [6.07, 6.45) is 1.59. The van der Waals surface area contributed by atoms with Crippen LogP contribution in [0.15, 0.2) is 59.2 Å². The monoisotopic (exact) mass is 292 g/mol. The van der Waals surface area contributed by atoms with E-state index in [0.717, 1.165) is 11.3 Å². The number of carbonyl (C=O) groups is 1. The van der Waals surface area contributed by atoms with Gasteiger partial charge in [0.1, 0.15) is 0 Å². The lowest BCUT2D eigenvalue weighted by Gasteiger charge is -2.11. The Kier molecular flexibility index (Phi) is 3.51. The third kappa shape index (κ3) is 2.39. The first-order valence-corrected chi connectivity index (χ1v) is 6.96. The zero-order chi connectivity index (χ0) is 15.7. The molecule has 0 aromatic heterocycles. The minimum atomic E-state index is -0.241. The number of Topliss-reactive ketones (excluding diaryl/α,β-unsaturated/α-hetero) is 1. The second-order valence-corrected chi connectivity index (χ2v) is 5.32. The molecule has 0 aliphatic heterocycles. The summed E-state index contributed by atoms with van der Waals surface area (Å²) in [4.78, 5) is 18.4. The molecule has 2 aromatic rings. The molecule has 22 heavy (non-hydrogen) atoms. The number of fused-ring (bicyclic) bond motifs is 1. The lowest BCUT2D eigenvalue weighted by molar-refractivity contribution is 0.103. The molecule has 1 aliphatic carbocycles. The third-order valence-electron chi connectivity index (χ3n) is 3.62. The Hall–Kier alpha value is -2.88. The molecule has 1 aliphatic rings. The van der Waals surface area contributed by atoms with Crippen LogP contribution in [0.5, 0.6) is 0 Å². The lowest BCUT2D eigenvalue weighted by atomic mass is 10.1. The molecule has 0 saturated heterocycles. The number of aliphatic hydroxyl groups is 1. The van der Waals surface area contributed by atoms with Crippen LogP contribution < -0.4 is 4.90 Å². The number of benzene rings is 2. The first-order chi connectivity index (χ1) is 10.6. The highest BCUT2D eigenvalue weighted by molar-refractivity contribution is 6.19. The number of nitrogens with zero attached hydrogens (tertiary/aromatic N) is 2. The minimum Gasteiger partial charge on any atom is -0.505 e. The van der Waals surface area contributed by atoms with Crippen LogP contribution in [-0.4, -0.2) is 31.2 Å². The molecular weight excluding hydrogens is 276 g/mol. The summed E-state index contributed by atoms with van der Waals surface area (Å²) in [5.41, 5.74) is 3.09. The summed E-state index contributed by atoms with van der Waals surface area (Å²) < 4.78 is 0. The number of aliphatic hydroxyl groups excluding tert-OH is 1. The first kappa shape index (κ1) is 14.1. The quantitative estimate of drug-likeness (QED) is 0.883. The maximum absolute atomic E-state index is 12.2. The Bertz CT molecular complexity index is 787. The molecule has 0 bridgehead atoms. The number of carbonyl (C=O) groups excluding carboxylic acids is 1. The SMILES string of the molecule is CN(C)c1ccc(C=NC2=C(O)c3ccccc3C2=O)cc1. The fraction of sp³-hybridized carbons (Fsp3) is 0.111. The summed E-state index contributed by atoms with van der Waals surface area (Å²) in [5.74, 6) is -0.295. The van der Waals surface area contributed by atoms with Gasteiger partial charge in [0.25, 0.3) is 0 Å². The van der Waals surface area contributed by atoms with Crippen LogP contribution in [0.25, 0.3) is 5.76 Å². The fourth-order valence-electron chi connectivity index (χ4n) is 2.37. The molecule has 110 valence electrons. The van der Waals surface area contributed by atoms with Gasteiger partial charge in [0, 0.05) is 37.1 Å². The lowest BCUT2D eigenvalue weighted by Crippen LogP contribution is -2.08. The molecule has 0 saturated carbocycles. The highest BCUT2D eigenvalue weighted by atomic mass is 16.3. The molecule has 0 fully saturated rings. The van der Waals surface area contributed by atoms with Gasteiger partial charge in [0.05, 0.1) is 0 Å². The molecule has 4 heteroatoms. The second kappa shape index (κ2) is 5.48. The topological polar surface area (TPSA) is 52.9 Å². The predicted molar refractivity (Wildman–Crippen MR) is 88.7 cm³/mol. The van der Waals surface area contributed by atoms with Gasteiger partial charge in [0.15, 0.2) is 11.5 Å². The Morgan fingerprint density at radius 2 is 1.64 bits per heavy atom. The summed E-state index contributed by atoms with van der Waals surface area (Å²) in [6.45, 7) is 0. The van der Waals surface area contributed by atoms with E-state index in [-0.39, 0.29) is 17.2 Å². The van der Waals surface area contributed by atoms with Crippen LogP contribution in [0.3, 0.4) is 0 Å². The molecule has 2 aromatic carbocycles. The Morgan fingerprint density at radius 3 is 2.23 bits per heavy atom. The summed E-state index contributed by atoms with van der Waals surface area (Å²) >= 11 is 0. The van der Waals surface area contributed by atoms with E-state index in [0.29, 0.717) is 11.1 Å². The van der Waals surface area contributed by atoms with Crippen LogP contribution in [0.2, 0.25) is 0 Å². The molecule has 0 heterocycles. The van der Waals surface area contributed by atoms with Crippen molar-refractivity contribution in [1.29, 1.82) is 0 Å². The Balaban J connectivity index is 1.87. The fourth-order valence-corrected chi connectivity index (χ4v) is 2.37. The van der Waals surface area contributed by atoms with Gasteiger partial charge in [-0.1, -0.05) is 36.4 Å². The van der Waals surface area contributed by atoms with E-state index >= 15 is 0 Å². The van der Waals surface area contributed by atoms with E-state index in [1.54, 1.807) is 30.5 Å². The predicted octanol–water partition coefficient (Wildman–Crippen LogP) is 3.29. The van der Waals surface area contributed by atoms with Gasteiger partial charge in [-0.25, -0.2) is 4.99 Å². The van der Waals surface area contributed by atoms with Crippen molar-refractivity contribution in [2.24, 2.45) is 4.99 Å². The van der Waals surface area contributed by atoms with Gasteiger partial charge < -0.3 is 10.0 Å². The van der Waals surface area contributed by atoms with Crippen molar-refractivity contribution >= 4 is 23.4 Å². The number of allylic oxidation sites excluding steroid dienone is 1. The van der Waals surface area contributed by atoms with Crippen LogP contribution in [0, 0.1) is 0 Å². The average molecular weight is 292 g/mol. The van der Waals surface area contributed by atoms with Crippen LogP contribution in [0.4, 0.5) is 5.69 Å². The number of anilines is 1. The highest BCUT2D eigenvalue weighted by Crippen LogP contribution is 2.31. The molecule has 0 atom stereocenters. The standard InChI is InChI=1S/C18H16N2O2/c1-20(2)13-9-7-12(8-10-13)11-19-16-17(21)14-5-3-4-6-15(14)18(16)22/h3-11,21H,1-2H3. The van der Waals surface area contributed by atoms with Crippen molar-refractivity contribution in [1.82, 2.24) is 0 Å². The van der Waals surface area contributed by atoms with Gasteiger partial charge >= 0.3 is 0 Å². The highest BCUT2D eigenvalue weighted by Gasteiger charge is 2.28. The van der Waals surface area contributed by atoms with Crippen molar-refractivity contribution in [3.8, 4) is 0 Å². The number of ketones is 1. The van der Waals surface area contributed by atoms with Crippen LogP contribution in [0.1, 0.15) is 21.5 Å². The van der Waals surface area contributed by atoms with E-state index in [9.17, 15) is 9.90 Å². The second-order valence-electron chi connectivity index (χ2n) is 5.32. The van der Waals surface area contributed by atoms with Gasteiger partial charge in [-0.05, 0) is 17.7 Å². The first-order valence-electron chi connectivity index (χ1n) is 6.96. The molecule has 0 amide bonds. The van der Waals surface area contributed by atoms with E-state index in [1.165, 1.54) is 0 Å². The van der Waals surface area contributed by atoms with Gasteiger partial charge in [-0.2, -0.15) is 0 Å². The van der Waals surface area contributed by atoms with Gasteiger partial charge in [0.2, 0.25) is 5.78 Å². The minimum absolute atomic E-state index is 0.0539. The van der Waals surface area contributed by atoms with E-state index in [1.807, 2.05) is 43.3 Å². The van der Waals surface area contributed by atoms with Crippen LogP contribution in [-0.2, 0) is 0 Å². The zero-order valence-corrected chi connectivity index (χ0v) is 12.4. The molecular formula is C18H16N2O2. The van der Waals surface area contributed by atoms with E-state index < -0.39 is 0 Å². The summed E-state index contributed by atoms with van der Waals surface area (Å²) in [6, 6.07) is 14.8. The van der Waals surface area contributed by atoms with Crippen molar-refractivity contribution < 1.29 is 9.90 Å². The Morgan fingerprint density at radius 1 is 1.00 bits per heavy atom. The number of rotatable bonds is 3. The summed E-state index contributed by atoms with van der Waals surface area (Å²) in [7, 11) is 3.95. The van der Waals surface area contributed by atoms with Gasteiger partial charge in [-0.3, -0.25) is 4.79 Å². The number of aliphatic imine (C=N–C) groups is 1. The number of hydrogen-bond acceptors (Lipinski definition) is 4. The van der Waals surface area contributed by atoms with Crippen molar-refractivity contribution in [3.63, 3.8) is 0 Å². The maximum Gasteiger partial charge on any atom is 0.215 e. The number of hydrogen-bond donors (Lipinski definition) is 1. The smallest absolute Gasteiger partial charge is 0.215 e. The average Bonchev–Trinajstić information content (AvgIpc) is 2.78. The largest absolute Gasteiger partial charge is 0.505 e. The third-order valence-corrected chi connectivity index (χ3v) is 3.62. The Labute approximate surface area is 129 Å².